The molecule has 110 valence electrons. The molecule has 0 bridgehead atoms. The minimum atomic E-state index is -0.604. The van der Waals surface area contributed by atoms with Crippen molar-refractivity contribution in [2.45, 2.75) is 18.9 Å². The standard InChI is InChI=1S/C15H22N2O3/c1-2-3-9-20-10-8-17-15(19)14(16)11-12-4-6-13(18)7-5-12/h2,4-7,14,18H,1,3,8-11,16H2,(H,17,19)/t14-/m1/s1. The first-order valence-electron chi connectivity index (χ1n) is 6.63. The molecule has 5 heteroatoms. The average Bonchev–Trinajstić information content (AvgIpc) is 2.45. The molecule has 0 heterocycles. The summed E-state index contributed by atoms with van der Waals surface area (Å²) in [6, 6.07) is 6.05. The Kier molecular flexibility index (Phi) is 7.39. The summed E-state index contributed by atoms with van der Waals surface area (Å²) < 4.78 is 5.28. The van der Waals surface area contributed by atoms with Gasteiger partial charge < -0.3 is 20.9 Å². The van der Waals surface area contributed by atoms with E-state index in [1.807, 2.05) is 0 Å². The van der Waals surface area contributed by atoms with Gasteiger partial charge in [0.05, 0.1) is 19.3 Å². The monoisotopic (exact) mass is 278 g/mol. The lowest BCUT2D eigenvalue weighted by atomic mass is 10.1. The second-order valence-corrected chi connectivity index (χ2v) is 4.46. The number of amides is 1. The van der Waals surface area contributed by atoms with Gasteiger partial charge in [0.25, 0.3) is 0 Å². The van der Waals surface area contributed by atoms with Crippen LogP contribution in [0.4, 0.5) is 0 Å². The maximum atomic E-state index is 11.7. The van der Waals surface area contributed by atoms with Crippen molar-refractivity contribution >= 4 is 5.91 Å². The minimum Gasteiger partial charge on any atom is -0.508 e. The second-order valence-electron chi connectivity index (χ2n) is 4.46. The highest BCUT2D eigenvalue weighted by Crippen LogP contribution is 2.10. The van der Waals surface area contributed by atoms with Gasteiger partial charge in [0.15, 0.2) is 0 Å². The number of hydrogen-bond acceptors (Lipinski definition) is 4. The Bertz CT molecular complexity index is 418. The van der Waals surface area contributed by atoms with Crippen LogP contribution in [0, 0.1) is 0 Å². The molecular formula is C15H22N2O3. The number of phenolic OH excluding ortho intramolecular Hbond substituents is 1. The average molecular weight is 278 g/mol. The predicted molar refractivity (Wildman–Crippen MR) is 78.4 cm³/mol. The Hall–Kier alpha value is -1.85. The number of carbonyl (C=O) groups excluding carboxylic acids is 1. The number of hydrogen-bond donors (Lipinski definition) is 3. The molecule has 1 aromatic rings. The number of benzene rings is 1. The Balaban J connectivity index is 2.22. The van der Waals surface area contributed by atoms with E-state index in [4.69, 9.17) is 10.5 Å². The molecule has 0 unspecified atom stereocenters. The molecule has 0 spiro atoms. The quantitative estimate of drug-likeness (QED) is 0.464. The topological polar surface area (TPSA) is 84.6 Å². The van der Waals surface area contributed by atoms with Crippen LogP contribution in [-0.4, -0.2) is 36.8 Å². The molecule has 1 aromatic carbocycles. The third-order valence-electron chi connectivity index (χ3n) is 2.74. The van der Waals surface area contributed by atoms with Crippen molar-refractivity contribution < 1.29 is 14.6 Å². The lowest BCUT2D eigenvalue weighted by Crippen LogP contribution is -2.43. The molecule has 1 rings (SSSR count). The van der Waals surface area contributed by atoms with Crippen molar-refractivity contribution in [3.8, 4) is 5.75 Å². The van der Waals surface area contributed by atoms with E-state index in [1.165, 1.54) is 0 Å². The zero-order chi connectivity index (χ0) is 14.8. The fraction of sp³-hybridized carbons (Fsp3) is 0.400. The molecule has 0 aliphatic carbocycles. The summed E-state index contributed by atoms with van der Waals surface area (Å²) in [4.78, 5) is 11.7. The molecule has 0 aliphatic heterocycles. The van der Waals surface area contributed by atoms with Crippen molar-refractivity contribution in [2.24, 2.45) is 5.73 Å². The van der Waals surface area contributed by atoms with Crippen LogP contribution in [0.15, 0.2) is 36.9 Å². The van der Waals surface area contributed by atoms with Gasteiger partial charge in [-0.2, -0.15) is 0 Å². The summed E-state index contributed by atoms with van der Waals surface area (Å²) in [7, 11) is 0. The highest BCUT2D eigenvalue weighted by molar-refractivity contribution is 5.81. The molecule has 5 nitrogen and oxygen atoms in total. The second kappa shape index (κ2) is 9.12. The van der Waals surface area contributed by atoms with Gasteiger partial charge in [-0.3, -0.25) is 4.79 Å². The lowest BCUT2D eigenvalue weighted by molar-refractivity contribution is -0.122. The summed E-state index contributed by atoms with van der Waals surface area (Å²) in [6.07, 6.45) is 3.02. The number of nitrogens with two attached hydrogens (primary N) is 1. The first kappa shape index (κ1) is 16.2. The number of rotatable bonds is 9. The highest BCUT2D eigenvalue weighted by Gasteiger charge is 2.13. The molecule has 0 aromatic heterocycles. The van der Waals surface area contributed by atoms with Gasteiger partial charge in [-0.25, -0.2) is 0 Å². The summed E-state index contributed by atoms with van der Waals surface area (Å²) in [5.41, 5.74) is 6.73. The number of ether oxygens (including phenoxy) is 1. The van der Waals surface area contributed by atoms with Crippen LogP contribution in [-0.2, 0) is 16.0 Å². The van der Waals surface area contributed by atoms with E-state index in [0.29, 0.717) is 26.2 Å². The number of phenols is 1. The molecule has 1 atom stereocenters. The van der Waals surface area contributed by atoms with Crippen LogP contribution in [0.3, 0.4) is 0 Å². The Morgan fingerprint density at radius 3 is 2.75 bits per heavy atom. The Labute approximate surface area is 119 Å². The Morgan fingerprint density at radius 1 is 1.40 bits per heavy atom. The number of carbonyl (C=O) groups is 1. The summed E-state index contributed by atoms with van der Waals surface area (Å²) in [5, 5.41) is 11.9. The number of nitrogens with one attached hydrogen (secondary N) is 1. The Morgan fingerprint density at radius 2 is 2.10 bits per heavy atom. The van der Waals surface area contributed by atoms with Gasteiger partial charge in [0.2, 0.25) is 5.91 Å². The summed E-state index contributed by atoms with van der Waals surface area (Å²) >= 11 is 0. The molecule has 0 saturated carbocycles. The number of aromatic hydroxyl groups is 1. The SMILES string of the molecule is C=CCCOCCNC(=O)[C@H](N)Cc1ccc(O)cc1. The van der Waals surface area contributed by atoms with E-state index in [2.05, 4.69) is 11.9 Å². The first-order chi connectivity index (χ1) is 9.63. The van der Waals surface area contributed by atoms with Crippen LogP contribution >= 0.6 is 0 Å². The summed E-state index contributed by atoms with van der Waals surface area (Å²) in [5.74, 6) is -0.00570. The third-order valence-corrected chi connectivity index (χ3v) is 2.74. The molecule has 4 N–H and O–H groups in total. The van der Waals surface area contributed by atoms with Crippen LogP contribution in [0.2, 0.25) is 0 Å². The normalized spacial score (nSPS) is 11.8. The van der Waals surface area contributed by atoms with Gasteiger partial charge in [-0.15, -0.1) is 6.58 Å². The zero-order valence-electron chi connectivity index (χ0n) is 11.5. The highest BCUT2D eigenvalue weighted by atomic mass is 16.5. The van der Waals surface area contributed by atoms with Crippen molar-refractivity contribution in [3.63, 3.8) is 0 Å². The van der Waals surface area contributed by atoms with E-state index < -0.39 is 6.04 Å². The van der Waals surface area contributed by atoms with E-state index >= 15 is 0 Å². The van der Waals surface area contributed by atoms with Crippen molar-refractivity contribution in [1.82, 2.24) is 5.32 Å². The molecule has 1 amide bonds. The van der Waals surface area contributed by atoms with Crippen LogP contribution in [0.25, 0.3) is 0 Å². The van der Waals surface area contributed by atoms with Gasteiger partial charge in [0, 0.05) is 6.54 Å². The van der Waals surface area contributed by atoms with Gasteiger partial charge in [-0.05, 0) is 30.5 Å². The van der Waals surface area contributed by atoms with Crippen molar-refractivity contribution in [3.05, 3.63) is 42.5 Å². The maximum Gasteiger partial charge on any atom is 0.237 e. The van der Waals surface area contributed by atoms with Gasteiger partial charge in [-0.1, -0.05) is 18.2 Å². The molecular weight excluding hydrogens is 256 g/mol. The first-order valence-corrected chi connectivity index (χ1v) is 6.63. The predicted octanol–water partition coefficient (Wildman–Crippen LogP) is 0.971. The van der Waals surface area contributed by atoms with Gasteiger partial charge in [0.1, 0.15) is 5.75 Å². The van der Waals surface area contributed by atoms with E-state index in [0.717, 1.165) is 12.0 Å². The zero-order valence-corrected chi connectivity index (χ0v) is 11.5. The molecule has 0 radical (unpaired) electrons. The van der Waals surface area contributed by atoms with Crippen LogP contribution in [0.1, 0.15) is 12.0 Å². The van der Waals surface area contributed by atoms with E-state index in [-0.39, 0.29) is 11.7 Å². The van der Waals surface area contributed by atoms with Gasteiger partial charge >= 0.3 is 0 Å². The van der Waals surface area contributed by atoms with E-state index in [1.54, 1.807) is 30.3 Å². The largest absolute Gasteiger partial charge is 0.508 e. The van der Waals surface area contributed by atoms with Crippen LogP contribution < -0.4 is 11.1 Å². The van der Waals surface area contributed by atoms with E-state index in [9.17, 15) is 9.90 Å². The smallest absolute Gasteiger partial charge is 0.237 e. The third kappa shape index (κ3) is 6.36. The fourth-order valence-corrected chi connectivity index (χ4v) is 1.62. The molecule has 0 saturated heterocycles. The molecule has 0 aliphatic rings. The van der Waals surface area contributed by atoms with Crippen LogP contribution in [0.5, 0.6) is 5.75 Å². The maximum absolute atomic E-state index is 11.7. The fourth-order valence-electron chi connectivity index (χ4n) is 1.62. The lowest BCUT2D eigenvalue weighted by Gasteiger charge is -2.12. The minimum absolute atomic E-state index is 0.198. The van der Waals surface area contributed by atoms with Crippen molar-refractivity contribution in [2.75, 3.05) is 19.8 Å². The molecule has 20 heavy (non-hydrogen) atoms. The summed E-state index contributed by atoms with van der Waals surface area (Å²) in [6.45, 7) is 5.11. The van der Waals surface area contributed by atoms with Crippen molar-refractivity contribution in [1.29, 1.82) is 0 Å². The molecule has 0 fully saturated rings.